The van der Waals surface area contributed by atoms with Crippen LogP contribution < -0.4 is 9.64 Å². The molecule has 0 N–H and O–H groups in total. The minimum atomic E-state index is -3.61. The van der Waals surface area contributed by atoms with Crippen LogP contribution in [0.15, 0.2) is 24.3 Å². The summed E-state index contributed by atoms with van der Waals surface area (Å²) in [6, 6.07) is 7.96. The molecule has 4 aliphatic rings. The second-order valence-electron chi connectivity index (χ2n) is 9.72. The number of amides is 1. The Kier molecular flexibility index (Phi) is 7.23. The molecule has 4 aliphatic heterocycles. The fourth-order valence-electron chi connectivity index (χ4n) is 5.60. The molecule has 10 nitrogen and oxygen atoms in total. The van der Waals surface area contributed by atoms with Crippen LogP contribution in [-0.2, 0) is 24.5 Å². The Labute approximate surface area is 207 Å². The van der Waals surface area contributed by atoms with Crippen LogP contribution in [0.25, 0.3) is 0 Å². The van der Waals surface area contributed by atoms with Gasteiger partial charge in [0, 0.05) is 70.9 Å². The summed E-state index contributed by atoms with van der Waals surface area (Å²) in [4.78, 5) is 17.5. The van der Waals surface area contributed by atoms with Crippen molar-refractivity contribution in [1.29, 1.82) is 0 Å². The third-order valence-electron chi connectivity index (χ3n) is 7.71. The predicted molar refractivity (Wildman–Crippen MR) is 130 cm³/mol. The number of benzene rings is 1. The van der Waals surface area contributed by atoms with E-state index in [0.29, 0.717) is 65.2 Å². The molecule has 0 aliphatic carbocycles. The molecule has 1 aromatic rings. The highest BCUT2D eigenvalue weighted by atomic mass is 32.2. The highest BCUT2D eigenvalue weighted by molar-refractivity contribution is 7.86. The van der Waals surface area contributed by atoms with Crippen LogP contribution in [0.3, 0.4) is 0 Å². The molecule has 4 heterocycles. The molecular formula is C24H36N4O6S. The third kappa shape index (κ3) is 5.15. The standard InChI is InChI=1S/C24H36N4O6S/c1-32-22-6-4-21(5-7-22)25-13-15-26(16-14-25)23(29)20-3-2-10-28(19-20)35(30,31)27-11-8-24(9-12-27)33-17-18-34-24/h4-7,20H,2-3,8-19H2,1H3/t20-/m0/s1. The summed E-state index contributed by atoms with van der Waals surface area (Å²) in [6.45, 7) is 5.41. The number of methoxy groups -OCH3 is 1. The first-order valence-electron chi connectivity index (χ1n) is 12.6. The molecule has 4 fully saturated rings. The molecule has 1 amide bonds. The SMILES string of the molecule is COc1ccc(N2CCN(C(=O)[C@H]3CCCN(S(=O)(=O)N4CCC5(CC4)OCCO5)C3)CC2)cc1. The fraction of sp³-hybridized carbons (Fsp3) is 0.708. The van der Waals surface area contributed by atoms with Gasteiger partial charge in [-0.05, 0) is 37.1 Å². The molecule has 1 aromatic carbocycles. The number of rotatable bonds is 5. The van der Waals surface area contributed by atoms with E-state index < -0.39 is 16.0 Å². The number of carbonyl (C=O) groups is 1. The molecule has 0 saturated carbocycles. The summed E-state index contributed by atoms with van der Waals surface area (Å²) >= 11 is 0. The second kappa shape index (κ2) is 10.2. The fourth-order valence-corrected chi connectivity index (χ4v) is 7.30. The zero-order valence-electron chi connectivity index (χ0n) is 20.4. The van der Waals surface area contributed by atoms with Gasteiger partial charge < -0.3 is 24.0 Å². The van der Waals surface area contributed by atoms with Gasteiger partial charge in [0.2, 0.25) is 5.91 Å². The van der Waals surface area contributed by atoms with Crippen molar-refractivity contribution in [1.82, 2.24) is 13.5 Å². The maximum atomic E-state index is 13.4. The van der Waals surface area contributed by atoms with Gasteiger partial charge in [-0.15, -0.1) is 0 Å². The molecule has 35 heavy (non-hydrogen) atoms. The summed E-state index contributed by atoms with van der Waals surface area (Å²) in [5, 5.41) is 0. The monoisotopic (exact) mass is 508 g/mol. The summed E-state index contributed by atoms with van der Waals surface area (Å²) in [7, 11) is -1.96. The lowest BCUT2D eigenvalue weighted by Crippen LogP contribution is -2.56. The molecule has 4 saturated heterocycles. The topological polar surface area (TPSA) is 91.9 Å². The number of nitrogens with zero attached hydrogens (tertiary/aromatic N) is 4. The minimum absolute atomic E-state index is 0.0737. The number of hydrogen-bond donors (Lipinski definition) is 0. The molecule has 0 unspecified atom stereocenters. The molecular weight excluding hydrogens is 472 g/mol. The molecule has 0 bridgehead atoms. The van der Waals surface area contributed by atoms with E-state index in [4.69, 9.17) is 14.2 Å². The minimum Gasteiger partial charge on any atom is -0.497 e. The Morgan fingerprint density at radius 3 is 2.23 bits per heavy atom. The third-order valence-corrected chi connectivity index (χ3v) is 9.71. The van der Waals surface area contributed by atoms with Gasteiger partial charge in [-0.3, -0.25) is 4.79 Å². The normalized spacial score (nSPS) is 26.3. The van der Waals surface area contributed by atoms with Crippen LogP contribution in [0.1, 0.15) is 25.7 Å². The molecule has 1 spiro atoms. The summed E-state index contributed by atoms with van der Waals surface area (Å²) in [6.07, 6.45) is 2.52. The first kappa shape index (κ1) is 24.8. The number of hydrogen-bond acceptors (Lipinski definition) is 7. The van der Waals surface area contributed by atoms with Crippen LogP contribution in [-0.4, -0.2) is 106 Å². The van der Waals surface area contributed by atoms with Crippen LogP contribution in [0.2, 0.25) is 0 Å². The Balaban J connectivity index is 1.15. The number of ether oxygens (including phenoxy) is 3. The van der Waals surface area contributed by atoms with E-state index >= 15 is 0 Å². The van der Waals surface area contributed by atoms with Crippen molar-refractivity contribution >= 4 is 21.8 Å². The van der Waals surface area contributed by atoms with Crippen molar-refractivity contribution in [2.24, 2.45) is 5.92 Å². The van der Waals surface area contributed by atoms with Gasteiger partial charge >= 0.3 is 0 Å². The van der Waals surface area contributed by atoms with Crippen molar-refractivity contribution in [3.63, 3.8) is 0 Å². The molecule has 0 aromatic heterocycles. The van der Waals surface area contributed by atoms with Gasteiger partial charge in [0.1, 0.15) is 5.75 Å². The van der Waals surface area contributed by atoms with Crippen LogP contribution in [0.4, 0.5) is 5.69 Å². The van der Waals surface area contributed by atoms with E-state index in [-0.39, 0.29) is 18.4 Å². The molecule has 1 atom stereocenters. The number of carbonyl (C=O) groups excluding carboxylic acids is 1. The average Bonchev–Trinajstić information content (AvgIpc) is 3.36. The number of piperazine rings is 1. The van der Waals surface area contributed by atoms with Gasteiger partial charge in [-0.2, -0.15) is 17.0 Å². The van der Waals surface area contributed by atoms with E-state index in [1.165, 1.54) is 8.61 Å². The van der Waals surface area contributed by atoms with Gasteiger partial charge in [0.25, 0.3) is 10.2 Å². The Morgan fingerprint density at radius 2 is 1.60 bits per heavy atom. The zero-order chi connectivity index (χ0) is 24.5. The molecule has 11 heteroatoms. The van der Waals surface area contributed by atoms with Crippen LogP contribution >= 0.6 is 0 Å². The van der Waals surface area contributed by atoms with Crippen LogP contribution in [0.5, 0.6) is 5.75 Å². The number of piperidine rings is 2. The van der Waals surface area contributed by atoms with Crippen molar-refractivity contribution in [3.8, 4) is 5.75 Å². The molecule has 5 rings (SSSR count). The van der Waals surface area contributed by atoms with Crippen molar-refractivity contribution in [2.45, 2.75) is 31.5 Å². The quantitative estimate of drug-likeness (QED) is 0.589. The van der Waals surface area contributed by atoms with E-state index in [1.807, 2.05) is 29.2 Å². The zero-order valence-corrected chi connectivity index (χ0v) is 21.2. The maximum absolute atomic E-state index is 13.4. The summed E-state index contributed by atoms with van der Waals surface area (Å²) in [5.74, 6) is -0.00244. The highest BCUT2D eigenvalue weighted by Gasteiger charge is 2.45. The van der Waals surface area contributed by atoms with Gasteiger partial charge in [-0.25, -0.2) is 0 Å². The second-order valence-corrected chi connectivity index (χ2v) is 11.7. The van der Waals surface area contributed by atoms with E-state index in [0.717, 1.165) is 30.9 Å². The van der Waals surface area contributed by atoms with Crippen molar-refractivity contribution in [2.75, 3.05) is 77.6 Å². The molecule has 194 valence electrons. The Morgan fingerprint density at radius 1 is 0.943 bits per heavy atom. The predicted octanol–water partition coefficient (Wildman–Crippen LogP) is 1.14. The average molecular weight is 509 g/mol. The summed E-state index contributed by atoms with van der Waals surface area (Å²) < 4.78 is 46.5. The number of anilines is 1. The lowest BCUT2D eigenvalue weighted by atomic mass is 9.97. The lowest BCUT2D eigenvalue weighted by molar-refractivity contribution is -0.179. The van der Waals surface area contributed by atoms with Crippen LogP contribution in [0, 0.1) is 5.92 Å². The Bertz CT molecular complexity index is 980. The first-order chi connectivity index (χ1) is 16.9. The largest absolute Gasteiger partial charge is 0.497 e. The summed E-state index contributed by atoms with van der Waals surface area (Å²) in [5.41, 5.74) is 1.12. The first-order valence-corrected chi connectivity index (χ1v) is 14.0. The van der Waals surface area contributed by atoms with Crippen molar-refractivity contribution in [3.05, 3.63) is 24.3 Å². The van der Waals surface area contributed by atoms with Crippen molar-refractivity contribution < 1.29 is 27.4 Å². The van der Waals surface area contributed by atoms with E-state index in [2.05, 4.69) is 4.90 Å². The van der Waals surface area contributed by atoms with Gasteiger partial charge in [0.05, 0.1) is 26.2 Å². The Hall–Kier alpha value is -1.92. The smallest absolute Gasteiger partial charge is 0.282 e. The van der Waals surface area contributed by atoms with E-state index in [9.17, 15) is 13.2 Å². The lowest BCUT2D eigenvalue weighted by Gasteiger charge is -2.42. The highest BCUT2D eigenvalue weighted by Crippen LogP contribution is 2.33. The maximum Gasteiger partial charge on any atom is 0.282 e. The van der Waals surface area contributed by atoms with E-state index in [1.54, 1.807) is 7.11 Å². The van der Waals surface area contributed by atoms with Gasteiger partial charge in [-0.1, -0.05) is 0 Å². The molecule has 0 radical (unpaired) electrons. The van der Waals surface area contributed by atoms with Gasteiger partial charge in [0.15, 0.2) is 5.79 Å².